The largest absolute Gasteiger partial charge is 0.474 e. The van der Waals surface area contributed by atoms with Crippen molar-refractivity contribution >= 4 is 28.2 Å². The third-order valence-corrected chi connectivity index (χ3v) is 8.56. The summed E-state index contributed by atoms with van der Waals surface area (Å²) in [6.45, 7) is 6.74. The van der Waals surface area contributed by atoms with Crippen molar-refractivity contribution in [2.24, 2.45) is 17.1 Å². The lowest BCUT2D eigenvalue weighted by Gasteiger charge is -2.57. The predicted octanol–water partition coefficient (Wildman–Crippen LogP) is 3.41. The summed E-state index contributed by atoms with van der Waals surface area (Å²) in [6.07, 6.45) is 5.08. The molecule has 0 aromatic carbocycles. The molecule has 1 spiro atoms. The van der Waals surface area contributed by atoms with Crippen LogP contribution in [0.4, 0.5) is 5.13 Å². The average Bonchev–Trinajstić information content (AvgIpc) is 3.14. The number of carbonyl (C=O) groups excluding carboxylic acids is 2. The van der Waals surface area contributed by atoms with Crippen molar-refractivity contribution in [2.45, 2.75) is 77.6 Å². The zero-order valence-corrected chi connectivity index (χ0v) is 21.9. The highest BCUT2D eigenvalue weighted by atomic mass is 32.1. The van der Waals surface area contributed by atoms with Crippen LogP contribution in [0.3, 0.4) is 0 Å². The van der Waals surface area contributed by atoms with Gasteiger partial charge in [0.2, 0.25) is 5.88 Å². The number of aliphatic hydroxyl groups is 1. The lowest BCUT2D eigenvalue weighted by atomic mass is 9.50. The molecule has 2 aromatic heterocycles. The number of hydrogen-bond donors (Lipinski definition) is 3. The Bertz CT molecular complexity index is 1170. The Balaban J connectivity index is 1.12. The number of nitrogens with two attached hydrogens (primary N) is 1. The van der Waals surface area contributed by atoms with Crippen LogP contribution in [0.5, 0.6) is 5.88 Å². The van der Waals surface area contributed by atoms with Gasteiger partial charge in [-0.15, -0.1) is 0 Å². The maximum atomic E-state index is 12.9. The Labute approximate surface area is 214 Å². The highest BCUT2D eigenvalue weighted by Gasteiger charge is 2.54. The molecule has 194 valence electrons. The van der Waals surface area contributed by atoms with Crippen LogP contribution in [0.25, 0.3) is 0 Å². The van der Waals surface area contributed by atoms with E-state index in [1.165, 1.54) is 11.3 Å². The molecule has 3 aliphatic rings. The zero-order chi connectivity index (χ0) is 25.7. The lowest BCUT2D eigenvalue weighted by molar-refractivity contribution is -0.100. The minimum atomic E-state index is -0.847. The number of ketones is 1. The van der Waals surface area contributed by atoms with E-state index in [1.807, 2.05) is 6.92 Å². The highest BCUT2D eigenvalue weighted by molar-refractivity contribution is 7.17. The number of rotatable bonds is 9. The van der Waals surface area contributed by atoms with Gasteiger partial charge in [-0.05, 0) is 63.9 Å². The van der Waals surface area contributed by atoms with E-state index in [2.05, 4.69) is 15.3 Å². The van der Waals surface area contributed by atoms with Crippen LogP contribution in [-0.4, -0.2) is 51.6 Å². The molecule has 0 atom stereocenters. The third-order valence-electron chi connectivity index (χ3n) is 7.40. The molecule has 0 saturated heterocycles. The summed E-state index contributed by atoms with van der Waals surface area (Å²) in [5, 5.41) is 13.7. The summed E-state index contributed by atoms with van der Waals surface area (Å²) in [4.78, 5) is 34.7. The molecule has 3 heterocycles. The standard InChI is InChI=1S/C26H34N4O5S/c1-14-21(36-24(29-14)28-13-25(2,3)33)20(31)6-15-8-26(9-15)10-17(11-26)35-23-18(22(27)32)7-16-12-34-5-4-19(16)30-23/h7,15,17,33H,4-6,8-13H2,1-3H3,(H2,27,32)(H,28,29). The molecule has 2 fully saturated rings. The van der Waals surface area contributed by atoms with Crippen molar-refractivity contribution in [3.63, 3.8) is 0 Å². The fourth-order valence-corrected chi connectivity index (χ4v) is 6.61. The number of nitrogens with one attached hydrogen (secondary N) is 1. The smallest absolute Gasteiger partial charge is 0.254 e. The molecule has 5 rings (SSSR count). The van der Waals surface area contributed by atoms with Crippen molar-refractivity contribution in [1.82, 2.24) is 9.97 Å². The van der Waals surface area contributed by atoms with E-state index in [-0.39, 0.29) is 17.3 Å². The number of aryl methyl sites for hydroxylation is 1. The van der Waals surface area contributed by atoms with E-state index < -0.39 is 11.5 Å². The Morgan fingerprint density at radius 3 is 2.75 bits per heavy atom. The molecule has 0 bridgehead atoms. The fourth-order valence-electron chi connectivity index (χ4n) is 5.70. The predicted molar refractivity (Wildman–Crippen MR) is 136 cm³/mol. The Morgan fingerprint density at radius 1 is 1.31 bits per heavy atom. The van der Waals surface area contributed by atoms with Crippen LogP contribution in [-0.2, 0) is 17.8 Å². The quantitative estimate of drug-likeness (QED) is 0.433. The van der Waals surface area contributed by atoms with Gasteiger partial charge in [-0.25, -0.2) is 9.97 Å². The molecular formula is C26H34N4O5S. The summed E-state index contributed by atoms with van der Waals surface area (Å²) >= 11 is 1.36. The van der Waals surface area contributed by atoms with Crippen molar-refractivity contribution in [2.75, 3.05) is 18.5 Å². The topological polar surface area (TPSA) is 137 Å². The number of amides is 1. The molecule has 0 unspecified atom stereocenters. The maximum Gasteiger partial charge on any atom is 0.254 e. The third kappa shape index (κ3) is 5.26. The Morgan fingerprint density at radius 2 is 2.06 bits per heavy atom. The lowest BCUT2D eigenvalue weighted by Crippen LogP contribution is -2.52. The molecule has 2 aromatic rings. The van der Waals surface area contributed by atoms with Gasteiger partial charge in [-0.3, -0.25) is 9.59 Å². The number of primary amides is 1. The normalized spacial score (nSPS) is 25.0. The van der Waals surface area contributed by atoms with Gasteiger partial charge >= 0.3 is 0 Å². The number of pyridine rings is 1. The van der Waals surface area contributed by atoms with Crippen LogP contribution in [0.1, 0.15) is 82.9 Å². The molecule has 10 heteroatoms. The van der Waals surface area contributed by atoms with E-state index in [9.17, 15) is 14.7 Å². The van der Waals surface area contributed by atoms with E-state index in [4.69, 9.17) is 15.2 Å². The fraction of sp³-hybridized carbons (Fsp3) is 0.615. The SMILES string of the molecule is Cc1nc(NCC(C)(C)O)sc1C(=O)CC1CC2(C1)CC(Oc1nc3c(cc1C(N)=O)COCC3)C2. The summed E-state index contributed by atoms with van der Waals surface area (Å²) in [7, 11) is 0. The summed E-state index contributed by atoms with van der Waals surface area (Å²) in [5.74, 6) is 0.306. The monoisotopic (exact) mass is 514 g/mol. The molecule has 1 amide bonds. The van der Waals surface area contributed by atoms with Gasteiger partial charge in [0.25, 0.3) is 5.91 Å². The molecule has 36 heavy (non-hydrogen) atoms. The first-order chi connectivity index (χ1) is 17.0. The Hall–Kier alpha value is -2.56. The van der Waals surface area contributed by atoms with Crippen molar-refractivity contribution in [1.29, 1.82) is 0 Å². The van der Waals surface area contributed by atoms with E-state index in [0.29, 0.717) is 60.0 Å². The van der Waals surface area contributed by atoms with E-state index in [1.54, 1.807) is 19.9 Å². The number of anilines is 1. The van der Waals surface area contributed by atoms with Crippen molar-refractivity contribution in [3.05, 3.63) is 33.5 Å². The second-order valence-electron chi connectivity index (χ2n) is 11.3. The maximum absolute atomic E-state index is 12.9. The molecule has 0 radical (unpaired) electrons. The molecule has 1 aliphatic heterocycles. The van der Waals surface area contributed by atoms with Gasteiger partial charge in [-0.2, -0.15) is 0 Å². The number of nitrogens with zero attached hydrogens (tertiary/aromatic N) is 2. The van der Waals surface area contributed by atoms with Crippen LogP contribution in [0, 0.1) is 18.3 Å². The highest BCUT2D eigenvalue weighted by Crippen LogP contribution is 2.60. The summed E-state index contributed by atoms with van der Waals surface area (Å²) in [5.41, 5.74) is 7.83. The molecule has 4 N–H and O–H groups in total. The number of hydrogen-bond acceptors (Lipinski definition) is 9. The van der Waals surface area contributed by atoms with Gasteiger partial charge in [0.1, 0.15) is 11.7 Å². The van der Waals surface area contributed by atoms with E-state index >= 15 is 0 Å². The van der Waals surface area contributed by atoms with Gasteiger partial charge in [0.05, 0.1) is 35.1 Å². The first kappa shape index (κ1) is 25.1. The summed E-state index contributed by atoms with van der Waals surface area (Å²) in [6, 6.07) is 1.76. The van der Waals surface area contributed by atoms with Crippen LogP contribution < -0.4 is 15.8 Å². The minimum Gasteiger partial charge on any atom is -0.474 e. The van der Waals surface area contributed by atoms with Crippen LogP contribution in [0.15, 0.2) is 6.07 Å². The second-order valence-corrected chi connectivity index (χ2v) is 12.3. The number of carbonyl (C=O) groups is 2. The molecule has 9 nitrogen and oxygen atoms in total. The summed E-state index contributed by atoms with van der Waals surface area (Å²) < 4.78 is 11.6. The van der Waals surface area contributed by atoms with Crippen molar-refractivity contribution < 1.29 is 24.2 Å². The molecule has 2 aliphatic carbocycles. The first-order valence-corrected chi connectivity index (χ1v) is 13.4. The second kappa shape index (κ2) is 9.39. The minimum absolute atomic E-state index is 0.0123. The molecular weight excluding hydrogens is 480 g/mol. The number of ether oxygens (including phenoxy) is 2. The number of Topliss-reactive ketones (excluding diaryl/α,β-unsaturated/α-hetero) is 1. The van der Waals surface area contributed by atoms with Gasteiger partial charge in [0, 0.05) is 24.9 Å². The Kier molecular flexibility index (Phi) is 6.55. The van der Waals surface area contributed by atoms with E-state index in [0.717, 1.165) is 42.6 Å². The van der Waals surface area contributed by atoms with Crippen LogP contribution in [0.2, 0.25) is 0 Å². The molecule has 2 saturated carbocycles. The van der Waals surface area contributed by atoms with Crippen LogP contribution >= 0.6 is 11.3 Å². The number of aromatic nitrogens is 2. The zero-order valence-electron chi connectivity index (χ0n) is 21.1. The first-order valence-electron chi connectivity index (χ1n) is 12.5. The van der Waals surface area contributed by atoms with Gasteiger partial charge in [0.15, 0.2) is 10.9 Å². The number of thiazole rings is 1. The van der Waals surface area contributed by atoms with Gasteiger partial charge in [-0.1, -0.05) is 11.3 Å². The van der Waals surface area contributed by atoms with Crippen molar-refractivity contribution in [3.8, 4) is 5.88 Å². The average molecular weight is 515 g/mol. The van der Waals surface area contributed by atoms with Gasteiger partial charge < -0.3 is 25.6 Å². The number of fused-ring (bicyclic) bond motifs is 1.